The van der Waals surface area contributed by atoms with E-state index < -0.39 is 10.8 Å². The van der Waals surface area contributed by atoms with Crippen LogP contribution < -0.4 is 10.6 Å². The molecule has 2 rings (SSSR count). The van der Waals surface area contributed by atoms with Gasteiger partial charge in [-0.15, -0.1) is 0 Å². The molecule has 7 heteroatoms. The number of guanidine groups is 1. The first-order valence-electron chi connectivity index (χ1n) is 9.54. The minimum atomic E-state index is -0.688. The van der Waals surface area contributed by atoms with Gasteiger partial charge in [0.25, 0.3) is 0 Å². The van der Waals surface area contributed by atoms with Crippen LogP contribution in [0.15, 0.2) is 11.2 Å². The molecule has 1 aromatic heterocycles. The number of hydrogen-bond donors (Lipinski definition) is 3. The molecular formula is C18H33N5OS. The second kappa shape index (κ2) is 10.6. The molecule has 3 atom stereocenters. The van der Waals surface area contributed by atoms with Crippen molar-refractivity contribution in [1.29, 1.82) is 0 Å². The van der Waals surface area contributed by atoms with Crippen LogP contribution in [0.5, 0.6) is 0 Å². The number of rotatable bonds is 8. The van der Waals surface area contributed by atoms with Gasteiger partial charge in [-0.05, 0) is 51.5 Å². The van der Waals surface area contributed by atoms with E-state index in [1.807, 2.05) is 13.1 Å². The molecule has 0 amide bonds. The van der Waals surface area contributed by atoms with E-state index >= 15 is 0 Å². The van der Waals surface area contributed by atoms with Crippen molar-refractivity contribution in [2.24, 2.45) is 4.99 Å². The highest BCUT2D eigenvalue weighted by atomic mass is 32.2. The molecule has 25 heavy (non-hydrogen) atoms. The lowest BCUT2D eigenvalue weighted by atomic mass is 9.95. The number of nitrogens with one attached hydrogen (secondary N) is 3. The number of nitrogens with zero attached hydrogens (tertiary/aromatic N) is 2. The highest BCUT2D eigenvalue weighted by molar-refractivity contribution is 7.85. The molecule has 1 saturated carbocycles. The smallest absolute Gasteiger partial charge is 0.191 e. The van der Waals surface area contributed by atoms with Crippen molar-refractivity contribution in [3.05, 3.63) is 17.5 Å². The Balaban J connectivity index is 1.82. The van der Waals surface area contributed by atoms with E-state index in [4.69, 9.17) is 4.99 Å². The maximum atomic E-state index is 12.1. The summed E-state index contributed by atoms with van der Waals surface area (Å²) >= 11 is 0. The van der Waals surface area contributed by atoms with Crippen molar-refractivity contribution < 1.29 is 4.21 Å². The Morgan fingerprint density at radius 2 is 2.28 bits per heavy atom. The van der Waals surface area contributed by atoms with Gasteiger partial charge in [0.2, 0.25) is 0 Å². The van der Waals surface area contributed by atoms with E-state index in [0.717, 1.165) is 69.0 Å². The Bertz CT molecular complexity index is 572. The molecule has 1 aliphatic rings. The van der Waals surface area contributed by atoms with Crippen LogP contribution in [0.4, 0.5) is 0 Å². The molecule has 142 valence electrons. The summed E-state index contributed by atoms with van der Waals surface area (Å²) in [4.78, 5) is 4.71. The molecule has 0 radical (unpaired) electrons. The van der Waals surface area contributed by atoms with Gasteiger partial charge in [-0.1, -0.05) is 13.3 Å². The third-order valence-electron chi connectivity index (χ3n) is 4.78. The maximum Gasteiger partial charge on any atom is 0.191 e. The van der Waals surface area contributed by atoms with Crippen LogP contribution in [0.3, 0.4) is 0 Å². The molecule has 0 bridgehead atoms. The summed E-state index contributed by atoms with van der Waals surface area (Å²) in [5.74, 6) is 1.65. The van der Waals surface area contributed by atoms with Crippen LogP contribution in [0.25, 0.3) is 0 Å². The zero-order chi connectivity index (χ0) is 18.1. The molecule has 0 aliphatic heterocycles. The van der Waals surface area contributed by atoms with Crippen LogP contribution in [-0.2, 0) is 17.2 Å². The molecule has 0 aromatic carbocycles. The number of aliphatic imine (C=N–C) groups is 1. The van der Waals surface area contributed by atoms with Gasteiger partial charge in [0.1, 0.15) is 0 Å². The van der Waals surface area contributed by atoms with Crippen molar-refractivity contribution in [2.75, 3.05) is 18.8 Å². The molecule has 0 spiro atoms. The first kappa shape index (κ1) is 19.9. The second-order valence-corrected chi connectivity index (χ2v) is 8.69. The van der Waals surface area contributed by atoms with E-state index in [2.05, 4.69) is 34.7 Å². The molecule has 1 heterocycles. The fourth-order valence-corrected chi connectivity index (χ4v) is 4.70. The van der Waals surface area contributed by atoms with Crippen molar-refractivity contribution in [3.8, 4) is 0 Å². The van der Waals surface area contributed by atoms with Crippen molar-refractivity contribution in [2.45, 2.75) is 70.6 Å². The minimum absolute atomic E-state index is 0.336. The number of hydrogen-bond acceptors (Lipinski definition) is 3. The van der Waals surface area contributed by atoms with Gasteiger partial charge in [-0.3, -0.25) is 14.3 Å². The van der Waals surface area contributed by atoms with Gasteiger partial charge < -0.3 is 10.6 Å². The van der Waals surface area contributed by atoms with E-state index in [1.54, 1.807) is 0 Å². The molecule has 1 aliphatic carbocycles. The topological polar surface area (TPSA) is 82.2 Å². The predicted molar refractivity (Wildman–Crippen MR) is 105 cm³/mol. The summed E-state index contributed by atoms with van der Waals surface area (Å²) in [6, 6.07) is 0.378. The molecule has 1 aromatic rings. The monoisotopic (exact) mass is 367 g/mol. The van der Waals surface area contributed by atoms with Crippen molar-refractivity contribution in [3.63, 3.8) is 0 Å². The standard InChI is InChI=1S/C18H33N5OS/c1-4-19-18(20-11-7-8-15-13-21-23-14(15)3)22-16-9-6-10-17(12-16)25(24)5-2/h13,16-17H,4-12H2,1-3H3,(H,21,23)(H2,19,20,22). The fourth-order valence-electron chi connectivity index (χ4n) is 3.35. The number of aromatic amines is 1. The third kappa shape index (κ3) is 6.45. The van der Waals surface area contributed by atoms with Crippen molar-refractivity contribution in [1.82, 2.24) is 20.8 Å². The zero-order valence-electron chi connectivity index (χ0n) is 15.8. The summed E-state index contributed by atoms with van der Waals surface area (Å²) in [6.45, 7) is 7.79. The average Bonchev–Trinajstić information content (AvgIpc) is 3.03. The van der Waals surface area contributed by atoms with Crippen LogP contribution in [0.1, 0.15) is 57.2 Å². The van der Waals surface area contributed by atoms with Gasteiger partial charge in [0.15, 0.2) is 5.96 Å². The Labute approximate surface area is 154 Å². The lowest BCUT2D eigenvalue weighted by molar-refractivity contribution is 0.413. The Hall–Kier alpha value is -1.37. The molecule has 1 fully saturated rings. The first-order valence-corrected chi connectivity index (χ1v) is 10.9. The van der Waals surface area contributed by atoms with Crippen molar-refractivity contribution >= 4 is 16.8 Å². The minimum Gasteiger partial charge on any atom is -0.357 e. The van der Waals surface area contributed by atoms with Gasteiger partial charge in [0.05, 0.1) is 6.20 Å². The highest BCUT2D eigenvalue weighted by Gasteiger charge is 2.25. The number of aromatic nitrogens is 2. The third-order valence-corrected chi connectivity index (χ3v) is 6.52. The number of aryl methyl sites for hydroxylation is 2. The van der Waals surface area contributed by atoms with Gasteiger partial charge >= 0.3 is 0 Å². The maximum absolute atomic E-state index is 12.1. The summed E-state index contributed by atoms with van der Waals surface area (Å²) in [5, 5.41) is 14.3. The Kier molecular flexibility index (Phi) is 8.44. The lowest BCUT2D eigenvalue weighted by Crippen LogP contribution is -2.46. The summed E-state index contributed by atoms with van der Waals surface area (Å²) in [6.07, 6.45) is 8.26. The molecule has 3 unspecified atom stereocenters. The number of H-pyrrole nitrogens is 1. The quantitative estimate of drug-likeness (QED) is 0.374. The average molecular weight is 368 g/mol. The fraction of sp³-hybridized carbons (Fsp3) is 0.778. The lowest BCUT2D eigenvalue weighted by Gasteiger charge is -2.30. The highest BCUT2D eigenvalue weighted by Crippen LogP contribution is 2.23. The Morgan fingerprint density at radius 1 is 1.44 bits per heavy atom. The summed E-state index contributed by atoms with van der Waals surface area (Å²) < 4.78 is 12.1. The van der Waals surface area contributed by atoms with E-state index in [0.29, 0.717) is 11.3 Å². The molecule has 6 nitrogen and oxygen atoms in total. The zero-order valence-corrected chi connectivity index (χ0v) is 16.6. The summed E-state index contributed by atoms with van der Waals surface area (Å²) in [7, 11) is -0.688. The molecular weight excluding hydrogens is 334 g/mol. The Morgan fingerprint density at radius 3 is 2.96 bits per heavy atom. The normalized spacial score (nSPS) is 22.6. The van der Waals surface area contributed by atoms with Gasteiger partial charge in [-0.25, -0.2) is 0 Å². The summed E-state index contributed by atoms with van der Waals surface area (Å²) in [5.41, 5.74) is 2.41. The molecule has 3 N–H and O–H groups in total. The molecule has 0 saturated heterocycles. The van der Waals surface area contributed by atoms with Crippen LogP contribution in [0, 0.1) is 6.92 Å². The van der Waals surface area contributed by atoms with Gasteiger partial charge in [0, 0.05) is 46.6 Å². The van der Waals surface area contributed by atoms with Crippen LogP contribution >= 0.6 is 0 Å². The van der Waals surface area contributed by atoms with Crippen LogP contribution in [-0.4, -0.2) is 50.5 Å². The predicted octanol–water partition coefficient (Wildman–Crippen LogP) is 2.29. The van der Waals surface area contributed by atoms with E-state index in [-0.39, 0.29) is 0 Å². The van der Waals surface area contributed by atoms with E-state index in [9.17, 15) is 4.21 Å². The first-order chi connectivity index (χ1) is 12.1. The van der Waals surface area contributed by atoms with Crippen LogP contribution in [0.2, 0.25) is 0 Å². The van der Waals surface area contributed by atoms with Gasteiger partial charge in [-0.2, -0.15) is 5.10 Å². The largest absolute Gasteiger partial charge is 0.357 e. The SMILES string of the molecule is CCNC(=NCCCc1cn[nH]c1C)NC1CCCC(S(=O)CC)C1. The van der Waals surface area contributed by atoms with E-state index in [1.165, 1.54) is 5.56 Å². The second-order valence-electron chi connectivity index (χ2n) is 6.68.